The number of primary sulfonamides is 1. The fourth-order valence-electron chi connectivity index (χ4n) is 1.01. The Morgan fingerprint density at radius 2 is 2.00 bits per heavy atom. The molecule has 1 aliphatic rings. The average molecular weight is 221 g/mol. The molecule has 0 bridgehead atoms. The Kier molecular flexibility index (Phi) is 3.13. The second-order valence-corrected chi connectivity index (χ2v) is 5.37. The molecular formula is C7H15N3O3S. The molecule has 0 heterocycles. The molecule has 1 aliphatic carbocycles. The summed E-state index contributed by atoms with van der Waals surface area (Å²) < 4.78 is 21.1. The Bertz CT molecular complexity index is 321. The molecule has 82 valence electrons. The van der Waals surface area contributed by atoms with Gasteiger partial charge < -0.3 is 11.1 Å². The maximum atomic E-state index is 11.2. The second kappa shape index (κ2) is 3.84. The van der Waals surface area contributed by atoms with Gasteiger partial charge in [0.2, 0.25) is 15.9 Å². The SMILES string of the molecule is NC1(C(=O)NCCCS(N)(=O)=O)CC1. The van der Waals surface area contributed by atoms with E-state index in [4.69, 9.17) is 10.9 Å². The summed E-state index contributed by atoms with van der Waals surface area (Å²) in [5, 5.41) is 7.36. The van der Waals surface area contributed by atoms with Crippen molar-refractivity contribution in [3.63, 3.8) is 0 Å². The van der Waals surface area contributed by atoms with Crippen LogP contribution in [0, 0.1) is 0 Å². The van der Waals surface area contributed by atoms with E-state index in [-0.39, 0.29) is 11.7 Å². The number of nitrogens with one attached hydrogen (secondary N) is 1. The second-order valence-electron chi connectivity index (χ2n) is 3.63. The normalized spacial score (nSPS) is 19.0. The summed E-state index contributed by atoms with van der Waals surface area (Å²) in [6.45, 7) is 0.300. The molecule has 6 nitrogen and oxygen atoms in total. The summed E-state index contributed by atoms with van der Waals surface area (Å²) in [6.07, 6.45) is 1.72. The van der Waals surface area contributed by atoms with Crippen LogP contribution in [0.2, 0.25) is 0 Å². The molecule has 1 rings (SSSR count). The van der Waals surface area contributed by atoms with Gasteiger partial charge in [-0.2, -0.15) is 0 Å². The van der Waals surface area contributed by atoms with E-state index in [0.717, 1.165) is 0 Å². The minimum atomic E-state index is -3.42. The molecule has 0 aromatic carbocycles. The standard InChI is InChI=1S/C7H15N3O3S/c8-7(2-3-7)6(11)10-4-1-5-14(9,12)13/h1-5,8H2,(H,10,11)(H2,9,12,13). The first-order chi connectivity index (χ1) is 6.33. The van der Waals surface area contributed by atoms with Gasteiger partial charge in [0, 0.05) is 6.54 Å². The van der Waals surface area contributed by atoms with Crippen molar-refractivity contribution in [2.24, 2.45) is 10.9 Å². The predicted octanol–water partition coefficient (Wildman–Crippen LogP) is -1.73. The molecule has 1 saturated carbocycles. The molecular weight excluding hydrogens is 206 g/mol. The highest BCUT2D eigenvalue weighted by Gasteiger charge is 2.45. The molecule has 5 N–H and O–H groups in total. The lowest BCUT2D eigenvalue weighted by Gasteiger charge is -2.09. The van der Waals surface area contributed by atoms with Gasteiger partial charge in [-0.25, -0.2) is 13.6 Å². The molecule has 0 spiro atoms. The van der Waals surface area contributed by atoms with Crippen LogP contribution in [0.3, 0.4) is 0 Å². The first-order valence-electron chi connectivity index (χ1n) is 4.41. The molecule has 0 aliphatic heterocycles. The Morgan fingerprint density at radius 1 is 1.43 bits per heavy atom. The number of amides is 1. The highest BCUT2D eigenvalue weighted by Crippen LogP contribution is 2.31. The number of nitrogens with two attached hydrogens (primary N) is 2. The summed E-state index contributed by atoms with van der Waals surface area (Å²) in [6, 6.07) is 0. The number of sulfonamides is 1. The number of hydrogen-bond donors (Lipinski definition) is 3. The monoisotopic (exact) mass is 221 g/mol. The first-order valence-corrected chi connectivity index (χ1v) is 6.13. The van der Waals surface area contributed by atoms with E-state index in [1.54, 1.807) is 0 Å². The molecule has 1 amide bonds. The van der Waals surface area contributed by atoms with Gasteiger partial charge >= 0.3 is 0 Å². The van der Waals surface area contributed by atoms with Crippen molar-refractivity contribution >= 4 is 15.9 Å². The lowest BCUT2D eigenvalue weighted by Crippen LogP contribution is -2.43. The fourth-order valence-corrected chi connectivity index (χ4v) is 1.56. The van der Waals surface area contributed by atoms with Crippen molar-refractivity contribution < 1.29 is 13.2 Å². The zero-order chi connectivity index (χ0) is 10.8. The fraction of sp³-hybridized carbons (Fsp3) is 0.857. The summed E-state index contributed by atoms with van der Waals surface area (Å²) in [7, 11) is -3.42. The number of carbonyl (C=O) groups excluding carboxylic acids is 1. The molecule has 14 heavy (non-hydrogen) atoms. The lowest BCUT2D eigenvalue weighted by molar-refractivity contribution is -0.123. The zero-order valence-corrected chi connectivity index (χ0v) is 8.64. The van der Waals surface area contributed by atoms with Crippen molar-refractivity contribution in [2.45, 2.75) is 24.8 Å². The van der Waals surface area contributed by atoms with Gasteiger partial charge in [-0.1, -0.05) is 0 Å². The lowest BCUT2D eigenvalue weighted by atomic mass is 10.3. The van der Waals surface area contributed by atoms with Gasteiger partial charge in [0.15, 0.2) is 0 Å². The summed E-state index contributed by atoms with van der Waals surface area (Å²) in [5.41, 5.74) is 4.91. The maximum absolute atomic E-state index is 11.2. The summed E-state index contributed by atoms with van der Waals surface area (Å²) in [5.74, 6) is -0.322. The van der Waals surface area contributed by atoms with Gasteiger partial charge in [-0.3, -0.25) is 4.79 Å². The van der Waals surface area contributed by atoms with Crippen LogP contribution >= 0.6 is 0 Å². The van der Waals surface area contributed by atoms with Crippen LogP contribution in [-0.2, 0) is 14.8 Å². The van der Waals surface area contributed by atoms with Gasteiger partial charge in [0.25, 0.3) is 0 Å². The Hall–Kier alpha value is -0.660. The van der Waals surface area contributed by atoms with Crippen LogP contribution in [0.1, 0.15) is 19.3 Å². The molecule has 0 aromatic heterocycles. The van der Waals surface area contributed by atoms with Gasteiger partial charge in [-0.15, -0.1) is 0 Å². The molecule has 1 fully saturated rings. The molecule has 0 radical (unpaired) electrons. The van der Waals surface area contributed by atoms with Crippen molar-refractivity contribution in [1.29, 1.82) is 0 Å². The Morgan fingerprint density at radius 3 is 2.43 bits per heavy atom. The van der Waals surface area contributed by atoms with Crippen molar-refractivity contribution in [3.05, 3.63) is 0 Å². The van der Waals surface area contributed by atoms with E-state index in [9.17, 15) is 13.2 Å². The van der Waals surface area contributed by atoms with Crippen LogP contribution < -0.4 is 16.2 Å². The van der Waals surface area contributed by atoms with E-state index in [1.807, 2.05) is 0 Å². The average Bonchev–Trinajstić information content (AvgIpc) is 2.76. The van der Waals surface area contributed by atoms with Crippen LogP contribution in [0.25, 0.3) is 0 Å². The van der Waals surface area contributed by atoms with E-state index in [0.29, 0.717) is 25.8 Å². The third-order valence-corrected chi connectivity index (χ3v) is 2.99. The smallest absolute Gasteiger partial charge is 0.240 e. The van der Waals surface area contributed by atoms with E-state index in [2.05, 4.69) is 5.32 Å². The number of rotatable bonds is 5. The third-order valence-electron chi connectivity index (χ3n) is 2.13. The Balaban J connectivity index is 2.13. The van der Waals surface area contributed by atoms with Crippen LogP contribution in [0.15, 0.2) is 0 Å². The summed E-state index contributed by atoms with van der Waals surface area (Å²) in [4.78, 5) is 11.2. The predicted molar refractivity (Wildman–Crippen MR) is 51.8 cm³/mol. The van der Waals surface area contributed by atoms with Crippen LogP contribution in [0.5, 0.6) is 0 Å². The largest absolute Gasteiger partial charge is 0.354 e. The molecule has 0 atom stereocenters. The van der Waals surface area contributed by atoms with E-state index < -0.39 is 15.6 Å². The number of hydrogen-bond acceptors (Lipinski definition) is 4. The van der Waals surface area contributed by atoms with Crippen molar-refractivity contribution in [3.8, 4) is 0 Å². The van der Waals surface area contributed by atoms with Crippen molar-refractivity contribution in [1.82, 2.24) is 5.32 Å². The van der Waals surface area contributed by atoms with Gasteiger partial charge in [-0.05, 0) is 19.3 Å². The quantitative estimate of drug-likeness (QED) is 0.478. The van der Waals surface area contributed by atoms with Crippen LogP contribution in [-0.4, -0.2) is 32.2 Å². The van der Waals surface area contributed by atoms with E-state index >= 15 is 0 Å². The minimum absolute atomic E-state index is 0.120. The highest BCUT2D eigenvalue weighted by atomic mass is 32.2. The van der Waals surface area contributed by atoms with Crippen LogP contribution in [0.4, 0.5) is 0 Å². The zero-order valence-electron chi connectivity index (χ0n) is 7.82. The molecule has 0 aromatic rings. The molecule has 0 saturated heterocycles. The Labute approximate surface area is 83.1 Å². The molecule has 0 unspecified atom stereocenters. The van der Waals surface area contributed by atoms with Crippen molar-refractivity contribution in [2.75, 3.05) is 12.3 Å². The maximum Gasteiger partial charge on any atom is 0.240 e. The first kappa shape index (κ1) is 11.4. The minimum Gasteiger partial charge on any atom is -0.354 e. The topological polar surface area (TPSA) is 115 Å². The van der Waals surface area contributed by atoms with E-state index in [1.165, 1.54) is 0 Å². The van der Waals surface area contributed by atoms with Gasteiger partial charge in [0.05, 0.1) is 11.3 Å². The van der Waals surface area contributed by atoms with Gasteiger partial charge in [0.1, 0.15) is 0 Å². The number of carbonyl (C=O) groups is 1. The highest BCUT2D eigenvalue weighted by molar-refractivity contribution is 7.89. The molecule has 7 heteroatoms. The third kappa shape index (κ3) is 3.60. The summed E-state index contributed by atoms with van der Waals surface area (Å²) >= 11 is 0.